The van der Waals surface area contributed by atoms with Gasteiger partial charge in [-0.3, -0.25) is 9.59 Å². The number of hydrogen-bond donors (Lipinski definition) is 2. The highest BCUT2D eigenvalue weighted by Crippen LogP contribution is 2.17. The average Bonchev–Trinajstić information content (AvgIpc) is 2.50. The summed E-state index contributed by atoms with van der Waals surface area (Å²) in [5.74, 6) is 1.47. The first-order valence-electron chi connectivity index (χ1n) is 7.90. The van der Waals surface area contributed by atoms with Crippen molar-refractivity contribution in [1.82, 2.24) is 10.6 Å². The van der Waals surface area contributed by atoms with E-state index < -0.39 is 0 Å². The van der Waals surface area contributed by atoms with Gasteiger partial charge in [0.1, 0.15) is 11.5 Å². The second-order valence-corrected chi connectivity index (χ2v) is 5.49. The standard InChI is InChI=1S/C17H26N2O4/c1-4-22-14-5-7-15(8-6-14)23-12-17(21)19-10-9-18-16(20)11-13(2)3/h5-8,13H,4,9-12H2,1-3H3,(H,18,20)(H,19,21). The largest absolute Gasteiger partial charge is 0.494 e. The fourth-order valence-electron chi connectivity index (χ4n) is 1.85. The zero-order valence-electron chi connectivity index (χ0n) is 14.1. The van der Waals surface area contributed by atoms with Crippen molar-refractivity contribution in [3.63, 3.8) is 0 Å². The summed E-state index contributed by atoms with van der Waals surface area (Å²) in [7, 11) is 0. The summed E-state index contributed by atoms with van der Waals surface area (Å²) in [4.78, 5) is 23.1. The van der Waals surface area contributed by atoms with Gasteiger partial charge in [0, 0.05) is 19.5 Å². The smallest absolute Gasteiger partial charge is 0.258 e. The molecule has 0 bridgehead atoms. The van der Waals surface area contributed by atoms with Gasteiger partial charge < -0.3 is 20.1 Å². The van der Waals surface area contributed by atoms with Crippen molar-refractivity contribution in [3.8, 4) is 11.5 Å². The van der Waals surface area contributed by atoms with E-state index in [0.717, 1.165) is 5.75 Å². The van der Waals surface area contributed by atoms with Gasteiger partial charge in [0.2, 0.25) is 5.91 Å². The molecule has 0 saturated heterocycles. The Bertz CT molecular complexity index is 486. The predicted molar refractivity (Wildman–Crippen MR) is 88.6 cm³/mol. The molecule has 2 N–H and O–H groups in total. The number of carbonyl (C=O) groups is 2. The number of hydrogen-bond acceptors (Lipinski definition) is 4. The molecule has 128 valence electrons. The van der Waals surface area contributed by atoms with Gasteiger partial charge >= 0.3 is 0 Å². The van der Waals surface area contributed by atoms with Crippen molar-refractivity contribution < 1.29 is 19.1 Å². The molecule has 23 heavy (non-hydrogen) atoms. The molecule has 0 fully saturated rings. The zero-order valence-corrected chi connectivity index (χ0v) is 14.1. The Morgan fingerprint density at radius 3 is 2.00 bits per heavy atom. The topological polar surface area (TPSA) is 76.7 Å². The minimum atomic E-state index is -0.225. The first-order valence-corrected chi connectivity index (χ1v) is 7.90. The molecule has 0 saturated carbocycles. The van der Waals surface area contributed by atoms with E-state index >= 15 is 0 Å². The summed E-state index contributed by atoms with van der Waals surface area (Å²) in [6.07, 6.45) is 0.495. The Morgan fingerprint density at radius 2 is 1.48 bits per heavy atom. The lowest BCUT2D eigenvalue weighted by Crippen LogP contribution is -2.37. The van der Waals surface area contributed by atoms with E-state index in [1.807, 2.05) is 20.8 Å². The quantitative estimate of drug-likeness (QED) is 0.643. The lowest BCUT2D eigenvalue weighted by molar-refractivity contribution is -0.124. The van der Waals surface area contributed by atoms with Crippen LogP contribution in [-0.4, -0.2) is 38.1 Å². The molecule has 0 radical (unpaired) electrons. The monoisotopic (exact) mass is 322 g/mol. The van der Waals surface area contributed by atoms with Crippen molar-refractivity contribution in [3.05, 3.63) is 24.3 Å². The summed E-state index contributed by atoms with van der Waals surface area (Å²) in [5.41, 5.74) is 0. The lowest BCUT2D eigenvalue weighted by atomic mass is 10.1. The van der Waals surface area contributed by atoms with Crippen molar-refractivity contribution >= 4 is 11.8 Å². The van der Waals surface area contributed by atoms with Gasteiger partial charge in [-0.25, -0.2) is 0 Å². The highest BCUT2D eigenvalue weighted by Gasteiger charge is 2.05. The fourth-order valence-corrected chi connectivity index (χ4v) is 1.85. The maximum Gasteiger partial charge on any atom is 0.258 e. The Labute approximate surface area is 137 Å². The number of nitrogens with one attached hydrogen (secondary N) is 2. The summed E-state index contributed by atoms with van der Waals surface area (Å²) in [6.45, 7) is 7.24. The van der Waals surface area contributed by atoms with Gasteiger partial charge in [-0.1, -0.05) is 13.8 Å². The Hall–Kier alpha value is -2.24. The first-order chi connectivity index (χ1) is 11.0. The molecule has 1 aromatic rings. The Morgan fingerprint density at radius 1 is 0.957 bits per heavy atom. The minimum Gasteiger partial charge on any atom is -0.494 e. The van der Waals surface area contributed by atoms with Gasteiger partial charge in [0.25, 0.3) is 5.91 Å². The lowest BCUT2D eigenvalue weighted by Gasteiger charge is -2.10. The molecule has 1 rings (SSSR count). The molecule has 0 atom stereocenters. The van der Waals surface area contributed by atoms with Crippen LogP contribution in [0.15, 0.2) is 24.3 Å². The third-order valence-corrected chi connectivity index (χ3v) is 2.87. The molecule has 0 unspecified atom stereocenters. The highest BCUT2D eigenvalue weighted by atomic mass is 16.5. The van der Waals surface area contributed by atoms with Gasteiger partial charge in [0.05, 0.1) is 6.61 Å². The average molecular weight is 322 g/mol. The van der Waals surface area contributed by atoms with Crippen LogP contribution in [0.25, 0.3) is 0 Å². The van der Waals surface area contributed by atoms with Crippen molar-refractivity contribution in [1.29, 1.82) is 0 Å². The molecule has 0 aliphatic rings. The molecule has 1 aromatic carbocycles. The van der Waals surface area contributed by atoms with E-state index in [-0.39, 0.29) is 18.4 Å². The number of rotatable bonds is 10. The molecule has 0 aromatic heterocycles. The van der Waals surface area contributed by atoms with E-state index in [4.69, 9.17) is 9.47 Å². The van der Waals surface area contributed by atoms with Crippen LogP contribution in [0, 0.1) is 5.92 Å². The van der Waals surface area contributed by atoms with Crippen LogP contribution in [0.3, 0.4) is 0 Å². The summed E-state index contributed by atoms with van der Waals surface area (Å²) < 4.78 is 10.7. The van der Waals surface area contributed by atoms with Gasteiger partial charge in [0.15, 0.2) is 6.61 Å². The molecular weight excluding hydrogens is 296 g/mol. The van der Waals surface area contributed by atoms with Crippen LogP contribution in [-0.2, 0) is 9.59 Å². The first kappa shape index (κ1) is 18.8. The van der Waals surface area contributed by atoms with Crippen LogP contribution in [0.2, 0.25) is 0 Å². The number of amides is 2. The zero-order chi connectivity index (χ0) is 17.1. The van der Waals surface area contributed by atoms with Crippen LogP contribution < -0.4 is 20.1 Å². The molecule has 6 nitrogen and oxygen atoms in total. The number of benzene rings is 1. The number of carbonyl (C=O) groups excluding carboxylic acids is 2. The van der Waals surface area contributed by atoms with E-state index in [1.54, 1.807) is 24.3 Å². The maximum atomic E-state index is 11.6. The van der Waals surface area contributed by atoms with Crippen LogP contribution in [0.5, 0.6) is 11.5 Å². The molecule has 6 heteroatoms. The highest BCUT2D eigenvalue weighted by molar-refractivity contribution is 5.78. The van der Waals surface area contributed by atoms with Crippen molar-refractivity contribution in [2.24, 2.45) is 5.92 Å². The molecule has 0 aliphatic heterocycles. The summed E-state index contributed by atoms with van der Waals surface area (Å²) in [6, 6.07) is 7.09. The van der Waals surface area contributed by atoms with Gasteiger partial charge in [-0.05, 0) is 37.1 Å². The molecular formula is C17H26N2O4. The molecule has 0 heterocycles. The SMILES string of the molecule is CCOc1ccc(OCC(=O)NCCNC(=O)CC(C)C)cc1. The van der Waals surface area contributed by atoms with Crippen LogP contribution >= 0.6 is 0 Å². The Balaban J connectivity index is 2.15. The van der Waals surface area contributed by atoms with Crippen molar-refractivity contribution in [2.75, 3.05) is 26.3 Å². The van der Waals surface area contributed by atoms with E-state index in [0.29, 0.717) is 37.8 Å². The molecule has 0 spiro atoms. The predicted octanol–water partition coefficient (Wildman–Crippen LogP) is 1.74. The van der Waals surface area contributed by atoms with Crippen LogP contribution in [0.4, 0.5) is 0 Å². The summed E-state index contributed by atoms with van der Waals surface area (Å²) >= 11 is 0. The number of ether oxygens (including phenoxy) is 2. The van der Waals surface area contributed by atoms with Crippen LogP contribution in [0.1, 0.15) is 27.2 Å². The maximum absolute atomic E-state index is 11.6. The summed E-state index contributed by atoms with van der Waals surface area (Å²) in [5, 5.41) is 5.44. The fraction of sp³-hybridized carbons (Fsp3) is 0.529. The second-order valence-electron chi connectivity index (χ2n) is 5.49. The molecule has 2 amide bonds. The van der Waals surface area contributed by atoms with Gasteiger partial charge in [-0.15, -0.1) is 0 Å². The normalized spacial score (nSPS) is 10.3. The third-order valence-electron chi connectivity index (χ3n) is 2.87. The van der Waals surface area contributed by atoms with Gasteiger partial charge in [-0.2, -0.15) is 0 Å². The van der Waals surface area contributed by atoms with E-state index in [9.17, 15) is 9.59 Å². The second kappa shape index (κ2) is 10.5. The minimum absolute atomic E-state index is 0.000105. The van der Waals surface area contributed by atoms with E-state index in [1.165, 1.54) is 0 Å². The third kappa shape index (κ3) is 8.70. The molecule has 0 aliphatic carbocycles. The van der Waals surface area contributed by atoms with Crippen molar-refractivity contribution in [2.45, 2.75) is 27.2 Å². The van der Waals surface area contributed by atoms with E-state index in [2.05, 4.69) is 10.6 Å². The Kier molecular flexibility index (Phi) is 8.57.